The molecule has 0 aromatic heterocycles. The molecular weight excluding hydrogens is 258 g/mol. The third-order valence-corrected chi connectivity index (χ3v) is 5.85. The fourth-order valence-corrected chi connectivity index (χ4v) is 2.76. The summed E-state index contributed by atoms with van der Waals surface area (Å²) in [6.45, 7) is 15.8. The lowest BCUT2D eigenvalue weighted by Crippen LogP contribution is -2.45. The Morgan fingerprint density at radius 2 is 1.63 bits per heavy atom. The maximum absolute atomic E-state index is 11.6. The van der Waals surface area contributed by atoms with Crippen molar-refractivity contribution in [2.75, 3.05) is 18.1 Å². The van der Waals surface area contributed by atoms with Crippen LogP contribution in [0.2, 0.25) is 0 Å². The highest BCUT2D eigenvalue weighted by atomic mass is 32.2. The maximum atomic E-state index is 11.6. The topological polar surface area (TPSA) is 46.2 Å². The van der Waals surface area contributed by atoms with Crippen molar-refractivity contribution in [3.8, 4) is 0 Å². The number of hydrogen-bond donors (Lipinski definition) is 1. The molecule has 0 amide bonds. The van der Waals surface area contributed by atoms with E-state index < -0.39 is 9.84 Å². The van der Waals surface area contributed by atoms with Crippen molar-refractivity contribution in [3.05, 3.63) is 0 Å². The maximum Gasteiger partial charge on any atom is 0.150 e. The fourth-order valence-electron chi connectivity index (χ4n) is 1.89. The van der Waals surface area contributed by atoms with Crippen LogP contribution >= 0.6 is 0 Å². The molecule has 0 aromatic carbocycles. The first-order valence-corrected chi connectivity index (χ1v) is 9.19. The summed E-state index contributed by atoms with van der Waals surface area (Å²) in [7, 11) is -2.83. The van der Waals surface area contributed by atoms with E-state index in [0.717, 1.165) is 19.4 Å². The van der Waals surface area contributed by atoms with Gasteiger partial charge in [0.15, 0.2) is 0 Å². The second-order valence-corrected chi connectivity index (χ2v) is 9.72. The van der Waals surface area contributed by atoms with Crippen LogP contribution < -0.4 is 5.32 Å². The van der Waals surface area contributed by atoms with Gasteiger partial charge in [0, 0.05) is 17.8 Å². The van der Waals surface area contributed by atoms with E-state index >= 15 is 0 Å². The van der Waals surface area contributed by atoms with Gasteiger partial charge in [0.1, 0.15) is 9.84 Å². The molecule has 3 nitrogen and oxygen atoms in total. The molecule has 0 saturated heterocycles. The minimum Gasteiger partial charge on any atom is -0.312 e. The Balaban J connectivity index is 4.48. The van der Waals surface area contributed by atoms with Gasteiger partial charge in [-0.3, -0.25) is 0 Å². The van der Waals surface area contributed by atoms with Crippen LogP contribution in [0.3, 0.4) is 0 Å². The standard InChI is InChI=1S/C15H33NO2S/c1-8-19(17,18)11-9-10-15(7,13(2)3)12-16-14(4,5)6/h13,16H,8-12H2,1-7H3. The molecule has 1 unspecified atom stereocenters. The van der Waals surface area contributed by atoms with Crippen LogP contribution in [0.25, 0.3) is 0 Å². The lowest BCUT2D eigenvalue weighted by molar-refractivity contribution is 0.172. The van der Waals surface area contributed by atoms with Crippen molar-refractivity contribution in [2.45, 2.75) is 66.8 Å². The minimum absolute atomic E-state index is 0.103. The zero-order valence-corrected chi connectivity index (χ0v) is 14.7. The molecule has 116 valence electrons. The quantitative estimate of drug-likeness (QED) is 0.746. The predicted molar refractivity (Wildman–Crippen MR) is 84.3 cm³/mol. The van der Waals surface area contributed by atoms with Gasteiger partial charge >= 0.3 is 0 Å². The monoisotopic (exact) mass is 291 g/mol. The first-order chi connectivity index (χ1) is 8.42. The zero-order chi connectivity index (χ0) is 15.3. The highest BCUT2D eigenvalue weighted by Gasteiger charge is 2.29. The zero-order valence-electron chi connectivity index (χ0n) is 13.8. The van der Waals surface area contributed by atoms with Crippen molar-refractivity contribution in [2.24, 2.45) is 11.3 Å². The SMILES string of the molecule is CCS(=O)(=O)CCCC(C)(CNC(C)(C)C)C(C)C. The summed E-state index contributed by atoms with van der Waals surface area (Å²) in [4.78, 5) is 0. The van der Waals surface area contributed by atoms with Gasteiger partial charge in [-0.15, -0.1) is 0 Å². The van der Waals surface area contributed by atoms with E-state index in [2.05, 4.69) is 46.9 Å². The molecule has 0 saturated carbocycles. The molecule has 0 radical (unpaired) electrons. The molecule has 1 N–H and O–H groups in total. The van der Waals surface area contributed by atoms with E-state index in [1.165, 1.54) is 0 Å². The first-order valence-electron chi connectivity index (χ1n) is 7.37. The Bertz CT molecular complexity index is 355. The van der Waals surface area contributed by atoms with Gasteiger partial charge in [-0.25, -0.2) is 8.42 Å². The van der Waals surface area contributed by atoms with Gasteiger partial charge < -0.3 is 5.32 Å². The number of hydrogen-bond acceptors (Lipinski definition) is 3. The second-order valence-electron chi connectivity index (χ2n) is 7.25. The van der Waals surface area contributed by atoms with E-state index in [4.69, 9.17) is 0 Å². The number of sulfone groups is 1. The summed E-state index contributed by atoms with van der Waals surface area (Å²) in [6.07, 6.45) is 1.71. The lowest BCUT2D eigenvalue weighted by Gasteiger charge is -2.37. The van der Waals surface area contributed by atoms with Crippen molar-refractivity contribution >= 4 is 9.84 Å². The van der Waals surface area contributed by atoms with Crippen LogP contribution in [0, 0.1) is 11.3 Å². The van der Waals surface area contributed by atoms with Crippen LogP contribution in [0.4, 0.5) is 0 Å². The summed E-state index contributed by atoms with van der Waals surface area (Å²) in [5.41, 5.74) is 0.252. The van der Waals surface area contributed by atoms with Gasteiger partial charge in [0.2, 0.25) is 0 Å². The molecule has 0 heterocycles. The highest BCUT2D eigenvalue weighted by molar-refractivity contribution is 7.91. The van der Waals surface area contributed by atoms with Crippen LogP contribution in [-0.2, 0) is 9.84 Å². The highest BCUT2D eigenvalue weighted by Crippen LogP contribution is 2.32. The average Bonchev–Trinajstić information content (AvgIpc) is 2.25. The average molecular weight is 292 g/mol. The summed E-state index contributed by atoms with van der Waals surface area (Å²) in [5, 5.41) is 3.56. The van der Waals surface area contributed by atoms with Gasteiger partial charge in [0.25, 0.3) is 0 Å². The summed E-state index contributed by atoms with van der Waals surface area (Å²) in [5.74, 6) is 1.11. The van der Waals surface area contributed by atoms with E-state index in [1.54, 1.807) is 6.92 Å². The van der Waals surface area contributed by atoms with Gasteiger partial charge in [-0.05, 0) is 44.9 Å². The first kappa shape index (κ1) is 18.9. The van der Waals surface area contributed by atoms with Gasteiger partial charge in [-0.1, -0.05) is 27.7 Å². The summed E-state index contributed by atoms with van der Waals surface area (Å²) < 4.78 is 23.1. The molecule has 0 aliphatic carbocycles. The molecule has 0 fully saturated rings. The van der Waals surface area contributed by atoms with Crippen molar-refractivity contribution in [3.63, 3.8) is 0 Å². The van der Waals surface area contributed by atoms with Crippen molar-refractivity contribution < 1.29 is 8.42 Å². The van der Waals surface area contributed by atoms with Crippen LogP contribution in [0.5, 0.6) is 0 Å². The summed E-state index contributed by atoms with van der Waals surface area (Å²) in [6, 6.07) is 0. The number of nitrogens with one attached hydrogen (secondary N) is 1. The molecule has 1 atom stereocenters. The normalized spacial score (nSPS) is 16.6. The smallest absolute Gasteiger partial charge is 0.150 e. The Morgan fingerprint density at radius 3 is 2.00 bits per heavy atom. The molecule has 0 aromatic rings. The number of rotatable bonds is 8. The van der Waals surface area contributed by atoms with Gasteiger partial charge in [-0.2, -0.15) is 0 Å². The van der Waals surface area contributed by atoms with E-state index in [9.17, 15) is 8.42 Å². The Hall–Kier alpha value is -0.0900. The van der Waals surface area contributed by atoms with E-state index in [0.29, 0.717) is 11.7 Å². The Labute approximate surface area is 120 Å². The van der Waals surface area contributed by atoms with Crippen LogP contribution in [0.1, 0.15) is 61.3 Å². The summed E-state index contributed by atoms with van der Waals surface area (Å²) >= 11 is 0. The molecule has 0 spiro atoms. The third-order valence-electron chi connectivity index (χ3n) is 4.06. The molecule has 19 heavy (non-hydrogen) atoms. The molecule has 0 aliphatic heterocycles. The molecule has 0 aliphatic rings. The molecule has 0 bridgehead atoms. The Morgan fingerprint density at radius 1 is 1.11 bits per heavy atom. The fraction of sp³-hybridized carbons (Fsp3) is 1.00. The lowest BCUT2D eigenvalue weighted by atomic mass is 9.75. The second kappa shape index (κ2) is 7.07. The third kappa shape index (κ3) is 7.93. The van der Waals surface area contributed by atoms with Gasteiger partial charge in [0.05, 0.1) is 5.75 Å². The predicted octanol–water partition coefficient (Wildman–Crippen LogP) is 3.25. The Kier molecular flexibility index (Phi) is 7.04. The largest absolute Gasteiger partial charge is 0.312 e. The molecule has 4 heteroatoms. The van der Waals surface area contributed by atoms with Crippen LogP contribution in [-0.4, -0.2) is 32.0 Å². The van der Waals surface area contributed by atoms with Crippen molar-refractivity contribution in [1.29, 1.82) is 0 Å². The van der Waals surface area contributed by atoms with Crippen LogP contribution in [0.15, 0.2) is 0 Å². The molecular formula is C15H33NO2S. The molecule has 0 rings (SSSR count). The van der Waals surface area contributed by atoms with Crippen molar-refractivity contribution in [1.82, 2.24) is 5.32 Å². The minimum atomic E-state index is -2.83. The van der Waals surface area contributed by atoms with E-state index in [-0.39, 0.29) is 16.7 Å². The van der Waals surface area contributed by atoms with E-state index in [1.807, 2.05) is 0 Å².